The predicted molar refractivity (Wildman–Crippen MR) is 86.6 cm³/mol. The van der Waals surface area contributed by atoms with Crippen LogP contribution in [0.5, 0.6) is 0 Å². The van der Waals surface area contributed by atoms with Gasteiger partial charge in [-0.3, -0.25) is 0 Å². The van der Waals surface area contributed by atoms with Gasteiger partial charge in [0.2, 0.25) is 10.0 Å². The molecule has 0 bridgehead atoms. The molecule has 118 valence electrons. The van der Waals surface area contributed by atoms with Crippen molar-refractivity contribution in [3.63, 3.8) is 0 Å². The highest BCUT2D eigenvalue weighted by molar-refractivity contribution is 7.89. The number of methoxy groups -OCH3 is 1. The zero-order valence-electron chi connectivity index (χ0n) is 12.2. The smallest absolute Gasteiger partial charge is 0.240 e. The second-order valence-corrected chi connectivity index (χ2v) is 6.42. The van der Waals surface area contributed by atoms with Crippen LogP contribution in [0.1, 0.15) is 12.5 Å². The second-order valence-electron chi connectivity index (χ2n) is 4.25. The average Bonchev–Trinajstić information content (AvgIpc) is 2.46. The molecule has 0 aliphatic heterocycles. The van der Waals surface area contributed by atoms with Gasteiger partial charge >= 0.3 is 0 Å². The number of ether oxygens (including phenoxy) is 1. The molecular formula is C13H21N3O3S2. The van der Waals surface area contributed by atoms with Crippen LogP contribution >= 0.6 is 12.2 Å². The fourth-order valence-corrected chi connectivity index (χ4v) is 2.78. The molecule has 6 nitrogen and oxygen atoms in total. The van der Waals surface area contributed by atoms with E-state index < -0.39 is 10.0 Å². The lowest BCUT2D eigenvalue weighted by Crippen LogP contribution is -2.34. The van der Waals surface area contributed by atoms with Crippen LogP contribution in [0.25, 0.3) is 0 Å². The number of hydrogen-bond donors (Lipinski definition) is 3. The second kappa shape index (κ2) is 8.93. The Labute approximate surface area is 131 Å². The van der Waals surface area contributed by atoms with Crippen molar-refractivity contribution in [1.29, 1.82) is 0 Å². The molecule has 0 aliphatic rings. The Hall–Kier alpha value is -1.22. The van der Waals surface area contributed by atoms with Crippen molar-refractivity contribution in [2.24, 2.45) is 0 Å². The van der Waals surface area contributed by atoms with Crippen LogP contribution in [0.2, 0.25) is 0 Å². The third-order valence-corrected chi connectivity index (χ3v) is 4.39. The van der Waals surface area contributed by atoms with Crippen molar-refractivity contribution in [2.45, 2.75) is 18.4 Å². The Morgan fingerprint density at radius 2 is 1.90 bits per heavy atom. The van der Waals surface area contributed by atoms with Crippen molar-refractivity contribution < 1.29 is 13.2 Å². The molecule has 0 aliphatic carbocycles. The molecule has 0 radical (unpaired) electrons. The molecule has 21 heavy (non-hydrogen) atoms. The van der Waals surface area contributed by atoms with E-state index in [2.05, 4.69) is 15.4 Å². The molecule has 0 aromatic heterocycles. The summed E-state index contributed by atoms with van der Waals surface area (Å²) in [4.78, 5) is 0.233. The monoisotopic (exact) mass is 331 g/mol. The Kier molecular flexibility index (Phi) is 7.58. The van der Waals surface area contributed by atoms with E-state index in [1.807, 2.05) is 6.92 Å². The summed E-state index contributed by atoms with van der Waals surface area (Å²) < 4.78 is 31.2. The molecule has 0 saturated carbocycles. The normalized spacial score (nSPS) is 11.1. The van der Waals surface area contributed by atoms with Crippen molar-refractivity contribution in [3.05, 3.63) is 29.8 Å². The van der Waals surface area contributed by atoms with Crippen LogP contribution in [0.3, 0.4) is 0 Å². The van der Waals surface area contributed by atoms with Gasteiger partial charge in [-0.15, -0.1) is 0 Å². The maximum absolute atomic E-state index is 12.0. The molecule has 3 N–H and O–H groups in total. The first-order valence-electron chi connectivity index (χ1n) is 6.59. The van der Waals surface area contributed by atoms with E-state index >= 15 is 0 Å². The highest BCUT2D eigenvalue weighted by atomic mass is 32.2. The minimum atomic E-state index is -3.48. The maximum atomic E-state index is 12.0. The zero-order valence-corrected chi connectivity index (χ0v) is 13.8. The molecule has 1 rings (SSSR count). The van der Waals surface area contributed by atoms with Gasteiger partial charge in [0.25, 0.3) is 0 Å². The van der Waals surface area contributed by atoms with Gasteiger partial charge in [-0.1, -0.05) is 12.1 Å². The van der Waals surface area contributed by atoms with Gasteiger partial charge < -0.3 is 15.4 Å². The Morgan fingerprint density at radius 3 is 2.48 bits per heavy atom. The van der Waals surface area contributed by atoms with Crippen LogP contribution in [0, 0.1) is 0 Å². The van der Waals surface area contributed by atoms with E-state index in [1.165, 1.54) is 7.11 Å². The molecule has 0 atom stereocenters. The summed E-state index contributed by atoms with van der Waals surface area (Å²) in [7, 11) is -1.96. The molecular weight excluding hydrogens is 310 g/mol. The molecule has 0 unspecified atom stereocenters. The number of nitrogens with one attached hydrogen (secondary N) is 3. The lowest BCUT2D eigenvalue weighted by atomic mass is 10.2. The molecule has 0 saturated heterocycles. The highest BCUT2D eigenvalue weighted by Gasteiger charge is 2.12. The summed E-state index contributed by atoms with van der Waals surface area (Å²) in [5.74, 6) is 0. The van der Waals surface area contributed by atoms with Crippen molar-refractivity contribution >= 4 is 27.4 Å². The highest BCUT2D eigenvalue weighted by Crippen LogP contribution is 2.10. The lowest BCUT2D eigenvalue weighted by Gasteiger charge is -2.10. The molecule has 1 aromatic carbocycles. The van der Waals surface area contributed by atoms with Gasteiger partial charge in [-0.2, -0.15) is 0 Å². The molecule has 8 heteroatoms. The summed E-state index contributed by atoms with van der Waals surface area (Å²) in [6, 6.07) is 6.66. The number of rotatable bonds is 8. The van der Waals surface area contributed by atoms with Crippen LogP contribution in [0.4, 0.5) is 0 Å². The van der Waals surface area contributed by atoms with E-state index in [9.17, 15) is 8.42 Å². The molecule has 0 heterocycles. The number of benzene rings is 1. The summed E-state index contributed by atoms with van der Waals surface area (Å²) in [5.41, 5.74) is 0.950. The fourth-order valence-electron chi connectivity index (χ4n) is 1.55. The van der Waals surface area contributed by atoms with Gasteiger partial charge in [0.05, 0.1) is 11.5 Å². The van der Waals surface area contributed by atoms with Gasteiger partial charge in [-0.05, 0) is 36.8 Å². The standard InChI is InChI=1S/C13H21N3O3S2/c1-3-14-13(20)15-10-11-4-6-12(7-5-11)21(17,18)16-8-9-19-2/h4-7,16H,3,8-10H2,1-2H3,(H2,14,15,20). The topological polar surface area (TPSA) is 79.5 Å². The van der Waals surface area contributed by atoms with Gasteiger partial charge in [-0.25, -0.2) is 13.1 Å². The summed E-state index contributed by atoms with van der Waals surface area (Å²) in [6.45, 7) is 3.85. The Balaban J connectivity index is 2.59. The third-order valence-electron chi connectivity index (χ3n) is 2.62. The Morgan fingerprint density at radius 1 is 1.24 bits per heavy atom. The van der Waals surface area contributed by atoms with Gasteiger partial charge in [0.1, 0.15) is 0 Å². The lowest BCUT2D eigenvalue weighted by molar-refractivity contribution is 0.204. The largest absolute Gasteiger partial charge is 0.383 e. The molecule has 0 spiro atoms. The first-order chi connectivity index (χ1) is 9.99. The average molecular weight is 331 g/mol. The SMILES string of the molecule is CCNC(=S)NCc1ccc(S(=O)(=O)NCCOC)cc1. The minimum Gasteiger partial charge on any atom is -0.383 e. The van der Waals surface area contributed by atoms with Crippen molar-refractivity contribution in [3.8, 4) is 0 Å². The van der Waals surface area contributed by atoms with E-state index in [0.717, 1.165) is 12.1 Å². The fraction of sp³-hybridized carbons (Fsp3) is 0.462. The number of sulfonamides is 1. The van der Waals surface area contributed by atoms with Crippen LogP contribution in [-0.2, 0) is 21.3 Å². The molecule has 0 amide bonds. The van der Waals surface area contributed by atoms with Gasteiger partial charge in [0.15, 0.2) is 5.11 Å². The maximum Gasteiger partial charge on any atom is 0.240 e. The minimum absolute atomic E-state index is 0.233. The van der Waals surface area contributed by atoms with Gasteiger partial charge in [0, 0.05) is 26.7 Å². The van der Waals surface area contributed by atoms with Crippen molar-refractivity contribution in [2.75, 3.05) is 26.8 Å². The number of thiocarbonyl (C=S) groups is 1. The molecule has 1 aromatic rings. The van der Waals surface area contributed by atoms with E-state index in [-0.39, 0.29) is 11.4 Å². The van der Waals surface area contributed by atoms with Crippen LogP contribution in [-0.4, -0.2) is 40.3 Å². The predicted octanol–water partition coefficient (Wildman–Crippen LogP) is 0.595. The quantitative estimate of drug-likeness (QED) is 0.478. The van der Waals surface area contributed by atoms with Crippen LogP contribution < -0.4 is 15.4 Å². The van der Waals surface area contributed by atoms with E-state index in [4.69, 9.17) is 17.0 Å². The van der Waals surface area contributed by atoms with Crippen molar-refractivity contribution in [1.82, 2.24) is 15.4 Å². The zero-order chi connectivity index (χ0) is 15.7. The first-order valence-corrected chi connectivity index (χ1v) is 8.48. The summed E-state index contributed by atoms with van der Waals surface area (Å²) in [5, 5.41) is 6.60. The van der Waals surface area contributed by atoms with E-state index in [0.29, 0.717) is 18.3 Å². The third kappa shape index (κ3) is 6.38. The van der Waals surface area contributed by atoms with E-state index in [1.54, 1.807) is 24.3 Å². The van der Waals surface area contributed by atoms with Crippen LogP contribution in [0.15, 0.2) is 29.2 Å². The first kappa shape index (κ1) is 17.8. The summed E-state index contributed by atoms with van der Waals surface area (Å²) in [6.07, 6.45) is 0. The Bertz CT molecular complexity index is 544. The summed E-state index contributed by atoms with van der Waals surface area (Å²) >= 11 is 5.06. The number of hydrogen-bond acceptors (Lipinski definition) is 4. The molecule has 0 fully saturated rings.